The van der Waals surface area contributed by atoms with Crippen LogP contribution >= 0.6 is 0 Å². The summed E-state index contributed by atoms with van der Waals surface area (Å²) in [6.45, 7) is 1.48. The summed E-state index contributed by atoms with van der Waals surface area (Å²) in [5, 5.41) is 10.2. The molecule has 1 fully saturated rings. The molecule has 1 N–H and O–H groups in total. The topological polar surface area (TPSA) is 58.4 Å². The van der Waals surface area contributed by atoms with Crippen molar-refractivity contribution in [2.45, 2.75) is 19.1 Å². The van der Waals surface area contributed by atoms with Crippen LogP contribution in [0.25, 0.3) is 11.0 Å². The summed E-state index contributed by atoms with van der Waals surface area (Å²) in [5.74, 6) is -0.240. The Morgan fingerprint density at radius 1 is 1.28 bits per heavy atom. The van der Waals surface area contributed by atoms with Crippen molar-refractivity contribution in [3.8, 4) is 0 Å². The molecule has 5 heteroatoms. The maximum Gasteiger partial charge on any atom is 0.273 e. The van der Waals surface area contributed by atoms with Gasteiger partial charge in [-0.2, -0.15) is 0 Å². The van der Waals surface area contributed by atoms with Gasteiger partial charge >= 0.3 is 0 Å². The van der Waals surface area contributed by atoms with Crippen molar-refractivity contribution in [3.05, 3.63) is 30.6 Å². The average molecular weight is 245 g/mol. The van der Waals surface area contributed by atoms with Gasteiger partial charge in [0, 0.05) is 13.1 Å². The fourth-order valence-electron chi connectivity index (χ4n) is 2.39. The van der Waals surface area contributed by atoms with E-state index in [9.17, 15) is 9.90 Å². The number of hydrogen-bond donors (Lipinski definition) is 1. The predicted octanol–water partition coefficient (Wildman–Crippen LogP) is 1.15. The molecular formula is C13H15N3O2. The zero-order valence-corrected chi connectivity index (χ0v) is 9.99. The fourth-order valence-corrected chi connectivity index (χ4v) is 2.39. The van der Waals surface area contributed by atoms with Gasteiger partial charge in [-0.05, 0) is 25.0 Å². The highest BCUT2D eigenvalue weighted by atomic mass is 16.3. The molecule has 1 atom stereocenters. The highest BCUT2D eigenvalue weighted by Crippen LogP contribution is 2.19. The van der Waals surface area contributed by atoms with E-state index in [4.69, 9.17) is 0 Å². The minimum absolute atomic E-state index is 0.240. The van der Waals surface area contributed by atoms with Crippen LogP contribution in [0.2, 0.25) is 0 Å². The third-order valence-corrected chi connectivity index (χ3v) is 3.38. The Balaban J connectivity index is 1.91. The van der Waals surface area contributed by atoms with Crippen molar-refractivity contribution in [1.82, 2.24) is 14.5 Å². The van der Waals surface area contributed by atoms with Crippen molar-refractivity contribution >= 4 is 16.9 Å². The Bertz CT molecular complexity index is 572. The Labute approximate surface area is 105 Å². The molecule has 0 bridgehead atoms. The zero-order chi connectivity index (χ0) is 12.5. The third kappa shape index (κ3) is 1.76. The summed E-state index contributed by atoms with van der Waals surface area (Å²) >= 11 is 0. The number of aromatic nitrogens is 2. The van der Waals surface area contributed by atoms with Crippen LogP contribution in [0.3, 0.4) is 0 Å². The van der Waals surface area contributed by atoms with Gasteiger partial charge in [0.25, 0.3) is 5.91 Å². The number of fused-ring (bicyclic) bond motifs is 1. The number of para-hydroxylation sites is 2. The van der Waals surface area contributed by atoms with Gasteiger partial charge in [0.1, 0.15) is 0 Å². The molecule has 0 saturated carbocycles. The van der Waals surface area contributed by atoms with Gasteiger partial charge in [-0.1, -0.05) is 12.1 Å². The molecule has 1 aliphatic rings. The molecule has 2 aromatic rings. The van der Waals surface area contributed by atoms with Gasteiger partial charge in [0.05, 0.1) is 17.4 Å². The number of hydrogen-bond acceptors (Lipinski definition) is 3. The Morgan fingerprint density at radius 3 is 2.78 bits per heavy atom. The van der Waals surface area contributed by atoms with Crippen molar-refractivity contribution in [1.29, 1.82) is 0 Å². The number of carbonyl (C=O) groups is 1. The Morgan fingerprint density at radius 2 is 2.00 bits per heavy atom. The van der Waals surface area contributed by atoms with E-state index in [1.165, 1.54) is 10.9 Å². The number of imidazole rings is 1. The van der Waals surface area contributed by atoms with Crippen LogP contribution < -0.4 is 0 Å². The fraction of sp³-hybridized carbons (Fsp3) is 0.385. The largest absolute Gasteiger partial charge is 0.365 e. The van der Waals surface area contributed by atoms with Gasteiger partial charge in [0.15, 0.2) is 0 Å². The normalized spacial score (nSPS) is 17.3. The number of aliphatic hydroxyl groups is 1. The minimum Gasteiger partial charge on any atom is -0.365 e. The molecule has 1 aromatic carbocycles. The van der Waals surface area contributed by atoms with Gasteiger partial charge in [-0.15, -0.1) is 0 Å². The van der Waals surface area contributed by atoms with E-state index in [0.29, 0.717) is 0 Å². The van der Waals surface area contributed by atoms with Crippen LogP contribution in [0.5, 0.6) is 0 Å². The minimum atomic E-state index is -1.17. The molecule has 2 heterocycles. The molecule has 1 amide bonds. The van der Waals surface area contributed by atoms with Crippen LogP contribution in [0, 0.1) is 0 Å². The van der Waals surface area contributed by atoms with Gasteiger partial charge in [0.2, 0.25) is 6.23 Å². The zero-order valence-electron chi connectivity index (χ0n) is 9.99. The van der Waals surface area contributed by atoms with Crippen molar-refractivity contribution in [2.24, 2.45) is 0 Å². The number of nitrogens with zero attached hydrogens (tertiary/aromatic N) is 3. The first-order valence-corrected chi connectivity index (χ1v) is 6.16. The van der Waals surface area contributed by atoms with Crippen LogP contribution in [0.4, 0.5) is 0 Å². The third-order valence-electron chi connectivity index (χ3n) is 3.38. The summed E-state index contributed by atoms with van der Waals surface area (Å²) in [4.78, 5) is 18.0. The number of rotatable bonds is 2. The molecule has 0 aliphatic carbocycles. The van der Waals surface area contributed by atoms with E-state index in [2.05, 4.69) is 4.98 Å². The van der Waals surface area contributed by atoms with Gasteiger partial charge in [-0.3, -0.25) is 9.36 Å². The molecule has 3 rings (SSSR count). The second kappa shape index (κ2) is 4.42. The molecule has 1 saturated heterocycles. The van der Waals surface area contributed by atoms with Crippen LogP contribution in [-0.4, -0.2) is 38.6 Å². The van der Waals surface area contributed by atoms with Crippen LogP contribution in [0.1, 0.15) is 19.1 Å². The van der Waals surface area contributed by atoms with Crippen molar-refractivity contribution < 1.29 is 9.90 Å². The summed E-state index contributed by atoms with van der Waals surface area (Å²) < 4.78 is 1.52. The lowest BCUT2D eigenvalue weighted by molar-refractivity contribution is -0.143. The van der Waals surface area contributed by atoms with E-state index >= 15 is 0 Å². The Hall–Kier alpha value is -1.88. The standard InChI is InChI=1S/C13H15N3O2/c17-12(15-7-3-4-8-15)13(18)16-9-14-10-5-1-2-6-11(10)16/h1-2,5-6,9,13,18H,3-4,7-8H2. The summed E-state index contributed by atoms with van der Waals surface area (Å²) in [5.41, 5.74) is 1.56. The molecule has 1 aliphatic heterocycles. The van der Waals surface area contributed by atoms with E-state index in [1.54, 1.807) is 4.90 Å². The van der Waals surface area contributed by atoms with E-state index in [-0.39, 0.29) is 5.91 Å². The highest BCUT2D eigenvalue weighted by Gasteiger charge is 2.26. The number of carbonyl (C=O) groups excluding carboxylic acids is 1. The van der Waals surface area contributed by atoms with E-state index < -0.39 is 6.23 Å². The lowest BCUT2D eigenvalue weighted by Crippen LogP contribution is -2.34. The maximum absolute atomic E-state index is 12.1. The first-order chi connectivity index (χ1) is 8.77. The van der Waals surface area contributed by atoms with E-state index in [1.807, 2.05) is 24.3 Å². The second-order valence-corrected chi connectivity index (χ2v) is 4.55. The number of amides is 1. The first kappa shape index (κ1) is 11.2. The molecule has 1 unspecified atom stereocenters. The first-order valence-electron chi connectivity index (χ1n) is 6.16. The number of benzene rings is 1. The highest BCUT2D eigenvalue weighted by molar-refractivity contribution is 5.82. The van der Waals surface area contributed by atoms with Gasteiger partial charge in [-0.25, -0.2) is 4.98 Å². The molecular weight excluding hydrogens is 230 g/mol. The SMILES string of the molecule is O=C(C(O)n1cnc2ccccc21)N1CCCC1. The van der Waals surface area contributed by atoms with E-state index in [0.717, 1.165) is 37.0 Å². The molecule has 5 nitrogen and oxygen atoms in total. The number of aliphatic hydroxyl groups excluding tert-OH is 1. The number of likely N-dealkylation sites (tertiary alicyclic amines) is 1. The molecule has 94 valence electrons. The van der Waals surface area contributed by atoms with Crippen molar-refractivity contribution in [2.75, 3.05) is 13.1 Å². The molecule has 18 heavy (non-hydrogen) atoms. The monoisotopic (exact) mass is 245 g/mol. The molecule has 0 spiro atoms. The van der Waals surface area contributed by atoms with Gasteiger partial charge < -0.3 is 10.0 Å². The lowest BCUT2D eigenvalue weighted by Gasteiger charge is -2.20. The summed E-state index contributed by atoms with van der Waals surface area (Å²) in [7, 11) is 0. The smallest absolute Gasteiger partial charge is 0.273 e. The summed E-state index contributed by atoms with van der Waals surface area (Å²) in [6, 6.07) is 7.46. The second-order valence-electron chi connectivity index (χ2n) is 4.55. The molecule has 1 aromatic heterocycles. The van der Waals surface area contributed by atoms with Crippen LogP contribution in [0.15, 0.2) is 30.6 Å². The quantitative estimate of drug-likeness (QED) is 0.863. The molecule has 0 radical (unpaired) electrons. The lowest BCUT2D eigenvalue weighted by atomic mass is 10.3. The summed E-state index contributed by atoms with van der Waals surface area (Å²) in [6.07, 6.45) is 2.38. The predicted molar refractivity (Wildman–Crippen MR) is 66.8 cm³/mol. The average Bonchev–Trinajstić information content (AvgIpc) is 3.06. The van der Waals surface area contributed by atoms with Crippen molar-refractivity contribution in [3.63, 3.8) is 0 Å². The Kier molecular flexibility index (Phi) is 2.76. The maximum atomic E-state index is 12.1. The van der Waals surface area contributed by atoms with Crippen LogP contribution in [-0.2, 0) is 4.79 Å².